The Hall–Kier alpha value is -4.14. The van der Waals surface area contributed by atoms with E-state index >= 15 is 0 Å². The van der Waals surface area contributed by atoms with E-state index in [0.29, 0.717) is 16.3 Å². The van der Waals surface area contributed by atoms with Crippen LogP contribution in [-0.4, -0.2) is 24.9 Å². The fourth-order valence-electron chi connectivity index (χ4n) is 5.11. The molecule has 0 spiro atoms. The lowest BCUT2D eigenvalue weighted by molar-refractivity contribution is -0.116. The molecule has 1 aliphatic carbocycles. The van der Waals surface area contributed by atoms with Gasteiger partial charge in [-0.05, 0) is 66.6 Å². The summed E-state index contributed by atoms with van der Waals surface area (Å²) in [4.78, 5) is 41.4. The Morgan fingerprint density at radius 2 is 1.58 bits per heavy atom. The number of esters is 1. The first-order chi connectivity index (χ1) is 21.0. The van der Waals surface area contributed by atoms with Crippen LogP contribution in [0.5, 0.6) is 0 Å². The number of nitrogens with one attached hydrogen (secondary N) is 2. The van der Waals surface area contributed by atoms with Gasteiger partial charge in [-0.15, -0.1) is 23.1 Å². The summed E-state index contributed by atoms with van der Waals surface area (Å²) < 4.78 is 5.15. The van der Waals surface area contributed by atoms with Crippen LogP contribution in [0.15, 0.2) is 95.9 Å². The number of fused-ring (bicyclic) bond motifs is 1. The average molecular weight is 611 g/mol. The fraction of sp³-hybridized carbons (Fsp3) is 0.229. The van der Waals surface area contributed by atoms with Crippen LogP contribution < -0.4 is 10.6 Å². The highest BCUT2D eigenvalue weighted by atomic mass is 32.2. The fourth-order valence-corrected chi connectivity index (χ4v) is 7.47. The van der Waals surface area contributed by atoms with E-state index in [-0.39, 0.29) is 11.8 Å². The maximum Gasteiger partial charge on any atom is 0.341 e. The predicted octanol–water partition coefficient (Wildman–Crippen LogP) is 8.32. The van der Waals surface area contributed by atoms with Gasteiger partial charge in [0.15, 0.2) is 0 Å². The zero-order valence-corrected chi connectivity index (χ0v) is 25.6. The molecular weight excluding hydrogens is 577 g/mol. The third-order valence-corrected chi connectivity index (χ3v) is 9.68. The summed E-state index contributed by atoms with van der Waals surface area (Å²) in [5.41, 5.74) is 3.90. The number of ether oxygens (including phenoxy) is 1. The minimum absolute atomic E-state index is 0.226. The first kappa shape index (κ1) is 30.3. The zero-order valence-electron chi connectivity index (χ0n) is 24.0. The van der Waals surface area contributed by atoms with Crippen LogP contribution in [-0.2, 0) is 27.2 Å². The van der Waals surface area contributed by atoms with Crippen LogP contribution in [0.3, 0.4) is 0 Å². The summed E-state index contributed by atoms with van der Waals surface area (Å²) in [6.45, 7) is 0. The Morgan fingerprint density at radius 3 is 2.33 bits per heavy atom. The number of carbonyl (C=O) groups excluding carboxylic acids is 3. The molecule has 0 saturated heterocycles. The molecular formula is C35H34N2O4S2. The number of thiophene rings is 1. The number of methoxy groups -OCH3 is 1. The van der Waals surface area contributed by atoms with E-state index < -0.39 is 11.2 Å². The van der Waals surface area contributed by atoms with Crippen LogP contribution in [0.4, 0.5) is 10.7 Å². The Bertz CT molecular complexity index is 1600. The van der Waals surface area contributed by atoms with Gasteiger partial charge >= 0.3 is 5.97 Å². The van der Waals surface area contributed by atoms with Crippen molar-refractivity contribution in [3.05, 3.63) is 118 Å². The van der Waals surface area contributed by atoms with Gasteiger partial charge in [0.1, 0.15) is 10.3 Å². The van der Waals surface area contributed by atoms with Crippen molar-refractivity contribution in [2.75, 3.05) is 17.7 Å². The summed E-state index contributed by atoms with van der Waals surface area (Å²) in [6.07, 6.45) is 9.35. The maximum atomic E-state index is 14.0. The highest BCUT2D eigenvalue weighted by Gasteiger charge is 2.29. The molecule has 6 nitrogen and oxygen atoms in total. The van der Waals surface area contributed by atoms with Crippen LogP contribution >= 0.6 is 23.1 Å². The molecule has 43 heavy (non-hydrogen) atoms. The number of amides is 2. The Balaban J connectivity index is 1.37. The smallest absolute Gasteiger partial charge is 0.341 e. The van der Waals surface area contributed by atoms with Gasteiger partial charge in [-0.1, -0.05) is 79.6 Å². The molecule has 8 heteroatoms. The van der Waals surface area contributed by atoms with Gasteiger partial charge in [-0.2, -0.15) is 0 Å². The zero-order chi connectivity index (χ0) is 30.0. The first-order valence-corrected chi connectivity index (χ1v) is 16.1. The van der Waals surface area contributed by atoms with Crippen molar-refractivity contribution in [1.82, 2.24) is 0 Å². The molecule has 1 aliphatic rings. The lowest BCUT2D eigenvalue weighted by Gasteiger charge is -2.18. The van der Waals surface area contributed by atoms with Gasteiger partial charge in [0.05, 0.1) is 12.7 Å². The number of aryl methyl sites for hydroxylation is 1. The van der Waals surface area contributed by atoms with E-state index in [1.807, 2.05) is 84.9 Å². The van der Waals surface area contributed by atoms with Gasteiger partial charge in [-0.25, -0.2) is 4.79 Å². The van der Waals surface area contributed by atoms with Crippen molar-refractivity contribution in [3.63, 3.8) is 0 Å². The van der Waals surface area contributed by atoms with Crippen LogP contribution in [0.2, 0.25) is 0 Å². The van der Waals surface area contributed by atoms with Crippen molar-refractivity contribution in [2.45, 2.75) is 48.7 Å². The number of carbonyl (C=O) groups is 3. The third kappa shape index (κ3) is 8.03. The lowest BCUT2D eigenvalue weighted by atomic mass is 9.96. The molecule has 0 aliphatic heterocycles. The molecule has 0 bridgehead atoms. The monoisotopic (exact) mass is 610 g/mol. The number of hydrogen-bond donors (Lipinski definition) is 2. The van der Waals surface area contributed by atoms with E-state index in [0.717, 1.165) is 58.6 Å². The second-order valence-corrected chi connectivity index (χ2v) is 12.6. The predicted molar refractivity (Wildman–Crippen MR) is 176 cm³/mol. The molecule has 1 unspecified atom stereocenters. The highest BCUT2D eigenvalue weighted by molar-refractivity contribution is 8.00. The molecule has 0 saturated carbocycles. The van der Waals surface area contributed by atoms with Crippen molar-refractivity contribution in [3.8, 4) is 0 Å². The van der Waals surface area contributed by atoms with E-state index in [4.69, 9.17) is 4.74 Å². The van der Waals surface area contributed by atoms with Gasteiger partial charge in [-0.3, -0.25) is 9.59 Å². The highest BCUT2D eigenvalue weighted by Crippen LogP contribution is 2.41. The first-order valence-electron chi connectivity index (χ1n) is 14.4. The second kappa shape index (κ2) is 14.8. The van der Waals surface area contributed by atoms with Crippen LogP contribution in [0, 0.1) is 0 Å². The molecule has 4 aromatic rings. The van der Waals surface area contributed by atoms with Crippen molar-refractivity contribution in [2.24, 2.45) is 0 Å². The SMILES string of the molecule is COC(=O)c1c(NC(=O)C(Sc2cccc(NC(=O)/C=C/c3ccccc3)c2)c2ccccc2)sc2c1CCCCCC2. The molecule has 1 atom stereocenters. The molecule has 220 valence electrons. The van der Waals surface area contributed by atoms with Gasteiger partial charge < -0.3 is 15.4 Å². The number of benzene rings is 3. The van der Waals surface area contributed by atoms with Crippen LogP contribution in [0.25, 0.3) is 6.08 Å². The van der Waals surface area contributed by atoms with E-state index in [1.54, 1.807) is 6.08 Å². The standard InChI is InChI=1S/C35H34N2O4S2/c1-41-35(40)31-28-19-10-2-3-11-20-29(28)43-34(31)37-33(39)32(25-15-8-5-9-16-25)42-27-18-12-17-26(23-27)36-30(38)22-21-24-13-6-4-7-14-24/h4-9,12-18,21-23,32H,2-3,10-11,19-20H2,1H3,(H,36,38)(H,37,39)/b22-21+. The topological polar surface area (TPSA) is 84.5 Å². The quantitative estimate of drug-likeness (QED) is 0.113. The molecule has 5 rings (SSSR count). The Kier molecular flexibility index (Phi) is 10.5. The maximum absolute atomic E-state index is 14.0. The summed E-state index contributed by atoms with van der Waals surface area (Å²) in [6, 6.07) is 26.6. The van der Waals surface area contributed by atoms with E-state index in [2.05, 4.69) is 10.6 Å². The molecule has 0 fully saturated rings. The average Bonchev–Trinajstić information content (AvgIpc) is 3.34. The van der Waals surface area contributed by atoms with Crippen molar-refractivity contribution >= 4 is 57.6 Å². The molecule has 2 amide bonds. The lowest BCUT2D eigenvalue weighted by Crippen LogP contribution is -2.20. The Labute approximate surface area is 260 Å². The van der Waals surface area contributed by atoms with Crippen molar-refractivity contribution < 1.29 is 19.1 Å². The number of thioether (sulfide) groups is 1. The largest absolute Gasteiger partial charge is 0.465 e. The summed E-state index contributed by atoms with van der Waals surface area (Å²) in [5, 5.41) is 5.97. The minimum Gasteiger partial charge on any atom is -0.465 e. The summed E-state index contributed by atoms with van der Waals surface area (Å²) in [5.74, 6) is -0.884. The third-order valence-electron chi connectivity index (χ3n) is 7.22. The molecule has 2 N–H and O–H groups in total. The Morgan fingerprint density at radius 1 is 0.860 bits per heavy atom. The van der Waals surface area contributed by atoms with Crippen LogP contribution in [0.1, 0.15) is 62.9 Å². The number of hydrogen-bond acceptors (Lipinski definition) is 6. The second-order valence-electron chi connectivity index (χ2n) is 10.3. The summed E-state index contributed by atoms with van der Waals surface area (Å²) >= 11 is 2.88. The molecule has 1 heterocycles. The van der Waals surface area contributed by atoms with Gasteiger partial charge in [0, 0.05) is 21.5 Å². The van der Waals surface area contributed by atoms with E-state index in [1.165, 1.54) is 42.7 Å². The minimum atomic E-state index is -0.597. The normalized spacial score (nSPS) is 13.8. The van der Waals surface area contributed by atoms with Gasteiger partial charge in [0.2, 0.25) is 11.8 Å². The number of rotatable bonds is 9. The molecule has 1 aromatic heterocycles. The number of anilines is 2. The van der Waals surface area contributed by atoms with Crippen molar-refractivity contribution in [1.29, 1.82) is 0 Å². The summed E-state index contributed by atoms with van der Waals surface area (Å²) in [7, 11) is 1.38. The van der Waals surface area contributed by atoms with Gasteiger partial charge in [0.25, 0.3) is 0 Å². The molecule has 3 aromatic carbocycles. The van der Waals surface area contributed by atoms with E-state index in [9.17, 15) is 14.4 Å². The molecule has 0 radical (unpaired) electrons.